The van der Waals surface area contributed by atoms with Crippen LogP contribution in [0.4, 0.5) is 0 Å². The first-order chi connectivity index (χ1) is 16.6. The molecule has 6 heteroatoms. The van der Waals surface area contributed by atoms with Crippen LogP contribution in [0.25, 0.3) is 11.4 Å². The van der Waals surface area contributed by atoms with E-state index in [2.05, 4.69) is 94.4 Å². The Hall–Kier alpha value is -3.51. The van der Waals surface area contributed by atoms with Gasteiger partial charge < -0.3 is 14.6 Å². The van der Waals surface area contributed by atoms with Gasteiger partial charge in [-0.15, -0.1) is 10.2 Å². The van der Waals surface area contributed by atoms with E-state index in [9.17, 15) is 0 Å². The predicted octanol–water partition coefficient (Wildman–Crippen LogP) is 4.98. The van der Waals surface area contributed by atoms with Gasteiger partial charge in [0.15, 0.2) is 5.82 Å². The summed E-state index contributed by atoms with van der Waals surface area (Å²) in [4.78, 5) is 4.32. The summed E-state index contributed by atoms with van der Waals surface area (Å²) in [5, 5.41) is 12.2. The zero-order valence-corrected chi connectivity index (χ0v) is 20.0. The minimum Gasteiger partial charge on any atom is -0.487 e. The highest BCUT2D eigenvalue weighted by Gasteiger charge is 2.32. The van der Waals surface area contributed by atoms with Gasteiger partial charge in [-0.1, -0.05) is 63.2 Å². The van der Waals surface area contributed by atoms with Crippen LogP contribution >= 0.6 is 0 Å². The van der Waals surface area contributed by atoms with Gasteiger partial charge in [-0.3, -0.25) is 4.98 Å². The Kier molecular flexibility index (Phi) is 6.16. The average molecular weight is 454 g/mol. The Balaban J connectivity index is 1.37. The maximum atomic E-state index is 5.95. The van der Waals surface area contributed by atoms with Crippen LogP contribution in [0.2, 0.25) is 0 Å². The quantitative estimate of drug-likeness (QED) is 0.427. The molecule has 0 spiro atoms. The predicted molar refractivity (Wildman–Crippen MR) is 133 cm³/mol. The van der Waals surface area contributed by atoms with Crippen LogP contribution in [0, 0.1) is 5.92 Å². The normalized spacial score (nSPS) is 15.1. The van der Waals surface area contributed by atoms with Crippen molar-refractivity contribution in [3.8, 4) is 17.1 Å². The van der Waals surface area contributed by atoms with Crippen molar-refractivity contribution in [3.05, 3.63) is 95.6 Å². The fraction of sp³-hybridized carbons (Fsp3) is 0.321. The van der Waals surface area contributed by atoms with Gasteiger partial charge in [0.05, 0.1) is 12.2 Å². The van der Waals surface area contributed by atoms with E-state index in [4.69, 9.17) is 4.74 Å². The molecule has 2 aromatic carbocycles. The van der Waals surface area contributed by atoms with Crippen molar-refractivity contribution >= 4 is 0 Å². The average Bonchev–Trinajstić information content (AvgIpc) is 3.32. The number of hydrogen-bond donors (Lipinski definition) is 1. The SMILES string of the molecule is CC(C)C(C)(c1ccc(OCc2ccccn2)cc1)c1ccc(-c2nnc3n2CCNC3)cc1. The second-order valence-corrected chi connectivity index (χ2v) is 9.34. The Labute approximate surface area is 201 Å². The molecule has 1 N–H and O–H groups in total. The number of fused-ring (bicyclic) bond motifs is 1. The van der Waals surface area contributed by atoms with E-state index in [0.29, 0.717) is 12.5 Å². The molecular formula is C28H31N5O. The van der Waals surface area contributed by atoms with Crippen molar-refractivity contribution in [2.75, 3.05) is 6.54 Å². The summed E-state index contributed by atoms with van der Waals surface area (Å²) in [6, 6.07) is 23.2. The molecule has 0 bridgehead atoms. The molecule has 6 nitrogen and oxygen atoms in total. The molecule has 174 valence electrons. The van der Waals surface area contributed by atoms with Crippen LogP contribution in [-0.4, -0.2) is 26.3 Å². The summed E-state index contributed by atoms with van der Waals surface area (Å²) < 4.78 is 8.17. The number of nitrogens with zero attached hydrogens (tertiary/aromatic N) is 4. The fourth-order valence-electron chi connectivity index (χ4n) is 4.64. The third kappa shape index (κ3) is 4.21. The molecule has 1 aliphatic heterocycles. The zero-order chi connectivity index (χ0) is 23.5. The minimum atomic E-state index is -0.133. The van der Waals surface area contributed by atoms with Gasteiger partial charge in [0.1, 0.15) is 18.2 Å². The first-order valence-corrected chi connectivity index (χ1v) is 11.9. The van der Waals surface area contributed by atoms with Gasteiger partial charge in [-0.2, -0.15) is 0 Å². The molecule has 0 saturated carbocycles. The molecule has 4 aromatic rings. The largest absolute Gasteiger partial charge is 0.487 e. The van der Waals surface area contributed by atoms with Crippen LogP contribution in [0.5, 0.6) is 5.75 Å². The first-order valence-electron chi connectivity index (χ1n) is 11.9. The molecular weight excluding hydrogens is 422 g/mol. The monoisotopic (exact) mass is 453 g/mol. The molecule has 0 fully saturated rings. The van der Waals surface area contributed by atoms with Gasteiger partial charge >= 0.3 is 0 Å². The first kappa shape index (κ1) is 22.3. The molecule has 34 heavy (non-hydrogen) atoms. The standard InChI is InChI=1S/C28H31N5O/c1-20(2)28(3,23-11-13-25(14-12-23)34-19-24-6-4-5-15-30-24)22-9-7-21(8-10-22)27-32-31-26-18-29-16-17-33(26)27/h4-15,20,29H,16-19H2,1-3H3. The number of nitrogens with one attached hydrogen (secondary N) is 1. The summed E-state index contributed by atoms with van der Waals surface area (Å²) >= 11 is 0. The van der Waals surface area contributed by atoms with Crippen LogP contribution in [-0.2, 0) is 25.1 Å². The van der Waals surface area contributed by atoms with Gasteiger partial charge in [-0.25, -0.2) is 0 Å². The summed E-state index contributed by atoms with van der Waals surface area (Å²) in [6.07, 6.45) is 1.79. The van der Waals surface area contributed by atoms with Crippen molar-refractivity contribution < 1.29 is 4.74 Å². The lowest BCUT2D eigenvalue weighted by Crippen LogP contribution is -2.30. The Morgan fingerprint density at radius 1 is 0.971 bits per heavy atom. The smallest absolute Gasteiger partial charge is 0.164 e. The van der Waals surface area contributed by atoms with Crippen molar-refractivity contribution in [1.29, 1.82) is 0 Å². The third-order valence-electron chi connectivity index (χ3n) is 7.09. The van der Waals surface area contributed by atoms with Crippen LogP contribution in [0.15, 0.2) is 72.9 Å². The Bertz CT molecular complexity index is 1230. The summed E-state index contributed by atoms with van der Waals surface area (Å²) in [5.74, 6) is 3.21. The number of rotatable bonds is 7. The minimum absolute atomic E-state index is 0.133. The van der Waals surface area contributed by atoms with Gasteiger partial charge in [0, 0.05) is 30.3 Å². The number of benzene rings is 2. The van der Waals surface area contributed by atoms with Gasteiger partial charge in [0.25, 0.3) is 0 Å². The summed E-state index contributed by atoms with van der Waals surface area (Å²) in [6.45, 7) is 9.97. The lowest BCUT2D eigenvalue weighted by atomic mass is 9.68. The van der Waals surface area contributed by atoms with E-state index in [1.165, 1.54) is 11.1 Å². The number of pyridine rings is 1. The summed E-state index contributed by atoms with van der Waals surface area (Å²) in [5.41, 5.74) is 4.45. The number of ether oxygens (including phenoxy) is 1. The molecule has 1 unspecified atom stereocenters. The van der Waals surface area contributed by atoms with Gasteiger partial charge in [-0.05, 0) is 41.3 Å². The maximum Gasteiger partial charge on any atom is 0.164 e. The topological polar surface area (TPSA) is 64.9 Å². The third-order valence-corrected chi connectivity index (χ3v) is 7.09. The van der Waals surface area contributed by atoms with Crippen molar-refractivity contribution in [1.82, 2.24) is 25.1 Å². The van der Waals surface area contributed by atoms with Crippen LogP contribution < -0.4 is 10.1 Å². The molecule has 3 heterocycles. The molecule has 1 atom stereocenters. The highest BCUT2D eigenvalue weighted by molar-refractivity contribution is 5.57. The second kappa shape index (κ2) is 9.39. The molecule has 0 amide bonds. The molecule has 0 aliphatic carbocycles. The number of hydrogen-bond acceptors (Lipinski definition) is 5. The van der Waals surface area contributed by atoms with E-state index >= 15 is 0 Å². The van der Waals surface area contributed by atoms with Crippen molar-refractivity contribution in [3.63, 3.8) is 0 Å². The van der Waals surface area contributed by atoms with Gasteiger partial charge in [0.2, 0.25) is 0 Å². The highest BCUT2D eigenvalue weighted by Crippen LogP contribution is 2.40. The Morgan fingerprint density at radius 3 is 2.38 bits per heavy atom. The molecule has 5 rings (SSSR count). The van der Waals surface area contributed by atoms with E-state index < -0.39 is 0 Å². The molecule has 0 radical (unpaired) electrons. The molecule has 0 saturated heterocycles. The fourth-order valence-corrected chi connectivity index (χ4v) is 4.64. The highest BCUT2D eigenvalue weighted by atomic mass is 16.5. The van der Waals surface area contributed by atoms with Crippen LogP contribution in [0.3, 0.4) is 0 Å². The van der Waals surface area contributed by atoms with E-state index in [0.717, 1.165) is 48.3 Å². The van der Waals surface area contributed by atoms with E-state index in [-0.39, 0.29) is 5.41 Å². The van der Waals surface area contributed by atoms with E-state index in [1.54, 1.807) is 6.20 Å². The summed E-state index contributed by atoms with van der Waals surface area (Å²) in [7, 11) is 0. The number of aromatic nitrogens is 4. The van der Waals surface area contributed by atoms with Crippen LogP contribution in [0.1, 0.15) is 43.4 Å². The maximum absolute atomic E-state index is 5.95. The van der Waals surface area contributed by atoms with Crippen molar-refractivity contribution in [2.45, 2.75) is 45.9 Å². The van der Waals surface area contributed by atoms with E-state index in [1.807, 2.05) is 18.2 Å². The zero-order valence-electron chi connectivity index (χ0n) is 20.0. The second-order valence-electron chi connectivity index (χ2n) is 9.34. The van der Waals surface area contributed by atoms with Crippen molar-refractivity contribution in [2.24, 2.45) is 5.92 Å². The molecule has 1 aliphatic rings. The lowest BCUT2D eigenvalue weighted by Gasteiger charge is -2.35. The lowest BCUT2D eigenvalue weighted by molar-refractivity contribution is 0.301. The Morgan fingerprint density at radius 2 is 1.71 bits per heavy atom. The molecule has 2 aromatic heterocycles.